The van der Waals surface area contributed by atoms with Gasteiger partial charge in [-0.15, -0.1) is 0 Å². The van der Waals surface area contributed by atoms with E-state index in [2.05, 4.69) is 21.1 Å². The van der Waals surface area contributed by atoms with Crippen molar-refractivity contribution in [3.05, 3.63) is 51.5 Å². The largest absolute Gasteiger partial charge is 0.449 e. The SMILES string of the molecule is C[N+](C)(C)c1ccc(Cl)cc1Oc1cc(Cl)ccc1Cl. The number of hydrogen-bond acceptors (Lipinski definition) is 1. The third-order valence-electron chi connectivity index (χ3n) is 2.76. The van der Waals surface area contributed by atoms with E-state index in [0.29, 0.717) is 31.0 Å². The molecule has 0 unspecified atom stereocenters. The highest BCUT2D eigenvalue weighted by molar-refractivity contribution is 6.34. The van der Waals surface area contributed by atoms with Crippen LogP contribution in [0, 0.1) is 0 Å². The van der Waals surface area contributed by atoms with Gasteiger partial charge in [-0.05, 0) is 18.2 Å². The van der Waals surface area contributed by atoms with Gasteiger partial charge in [0.1, 0.15) is 5.75 Å². The fourth-order valence-electron chi connectivity index (χ4n) is 1.80. The van der Waals surface area contributed by atoms with E-state index < -0.39 is 0 Å². The summed E-state index contributed by atoms with van der Waals surface area (Å²) in [6, 6.07) is 10.7. The Kier molecular flexibility index (Phi) is 4.50. The van der Waals surface area contributed by atoms with Crippen molar-refractivity contribution in [3.8, 4) is 11.5 Å². The molecule has 0 bridgehead atoms. The van der Waals surface area contributed by atoms with Crippen LogP contribution in [0.1, 0.15) is 0 Å². The molecule has 2 nitrogen and oxygen atoms in total. The summed E-state index contributed by atoms with van der Waals surface area (Å²) in [5.41, 5.74) is 0.991. The van der Waals surface area contributed by atoms with Gasteiger partial charge in [0.05, 0.1) is 26.2 Å². The van der Waals surface area contributed by atoms with E-state index in [9.17, 15) is 0 Å². The van der Waals surface area contributed by atoms with Crippen LogP contribution >= 0.6 is 34.8 Å². The van der Waals surface area contributed by atoms with Gasteiger partial charge in [-0.2, -0.15) is 0 Å². The van der Waals surface area contributed by atoms with E-state index in [1.54, 1.807) is 24.3 Å². The molecule has 0 saturated carbocycles. The van der Waals surface area contributed by atoms with Gasteiger partial charge in [-0.1, -0.05) is 34.8 Å². The highest BCUT2D eigenvalue weighted by Crippen LogP contribution is 2.39. The van der Waals surface area contributed by atoms with Crippen LogP contribution in [-0.2, 0) is 0 Å². The molecule has 0 heterocycles. The zero-order chi connectivity index (χ0) is 14.9. The average molecular weight is 332 g/mol. The fourth-order valence-corrected chi connectivity index (χ4v) is 2.28. The van der Waals surface area contributed by atoms with Crippen molar-refractivity contribution < 1.29 is 4.74 Å². The van der Waals surface area contributed by atoms with Crippen molar-refractivity contribution in [3.63, 3.8) is 0 Å². The van der Waals surface area contributed by atoms with E-state index in [1.807, 2.05) is 12.1 Å². The number of halogens is 3. The topological polar surface area (TPSA) is 9.23 Å². The Morgan fingerprint density at radius 3 is 1.95 bits per heavy atom. The van der Waals surface area contributed by atoms with Crippen LogP contribution in [-0.4, -0.2) is 21.1 Å². The summed E-state index contributed by atoms with van der Waals surface area (Å²) >= 11 is 18.2. The van der Waals surface area contributed by atoms with Gasteiger partial charge in [-0.3, -0.25) is 4.48 Å². The zero-order valence-electron chi connectivity index (χ0n) is 11.5. The molecule has 0 radical (unpaired) electrons. The molecule has 0 aliphatic heterocycles. The van der Waals surface area contributed by atoms with Gasteiger partial charge in [0, 0.05) is 28.2 Å². The van der Waals surface area contributed by atoms with Crippen molar-refractivity contribution in [1.29, 1.82) is 0 Å². The molecule has 0 aromatic heterocycles. The molecule has 0 aliphatic carbocycles. The third kappa shape index (κ3) is 3.58. The Labute approximate surface area is 134 Å². The molecule has 2 aromatic rings. The van der Waals surface area contributed by atoms with E-state index in [0.717, 1.165) is 5.69 Å². The van der Waals surface area contributed by atoms with Crippen LogP contribution in [0.3, 0.4) is 0 Å². The number of rotatable bonds is 3. The van der Waals surface area contributed by atoms with E-state index in [4.69, 9.17) is 39.5 Å². The van der Waals surface area contributed by atoms with Crippen LogP contribution in [0.25, 0.3) is 0 Å². The first-order chi connectivity index (χ1) is 9.27. The molecule has 20 heavy (non-hydrogen) atoms. The number of ether oxygens (including phenoxy) is 1. The van der Waals surface area contributed by atoms with Gasteiger partial charge in [0.15, 0.2) is 11.4 Å². The lowest BCUT2D eigenvalue weighted by Crippen LogP contribution is -2.35. The van der Waals surface area contributed by atoms with Gasteiger partial charge in [0.25, 0.3) is 0 Å². The maximum Gasteiger partial charge on any atom is 0.189 e. The van der Waals surface area contributed by atoms with Crippen molar-refractivity contribution in [1.82, 2.24) is 4.48 Å². The molecule has 0 saturated heterocycles. The maximum absolute atomic E-state index is 6.13. The summed E-state index contributed by atoms with van der Waals surface area (Å²) in [6.07, 6.45) is 0. The van der Waals surface area contributed by atoms with Crippen LogP contribution in [0.5, 0.6) is 11.5 Å². The van der Waals surface area contributed by atoms with Crippen molar-refractivity contribution in [2.24, 2.45) is 0 Å². The first-order valence-electron chi connectivity index (χ1n) is 6.02. The highest BCUT2D eigenvalue weighted by atomic mass is 35.5. The van der Waals surface area contributed by atoms with Gasteiger partial charge in [-0.25, -0.2) is 0 Å². The summed E-state index contributed by atoms with van der Waals surface area (Å²) in [7, 11) is 6.15. The molecular formula is C15H15Cl3NO+. The monoisotopic (exact) mass is 330 g/mol. The van der Waals surface area contributed by atoms with Crippen molar-refractivity contribution >= 4 is 40.5 Å². The highest BCUT2D eigenvalue weighted by Gasteiger charge is 2.20. The molecule has 0 amide bonds. The maximum atomic E-state index is 6.13. The summed E-state index contributed by atoms with van der Waals surface area (Å²) < 4.78 is 6.51. The number of quaternary nitrogens is 1. The molecule has 2 aromatic carbocycles. The van der Waals surface area contributed by atoms with Gasteiger partial charge >= 0.3 is 0 Å². The minimum absolute atomic E-state index is 0.502. The Morgan fingerprint density at radius 2 is 1.35 bits per heavy atom. The predicted molar refractivity (Wildman–Crippen MR) is 87.6 cm³/mol. The summed E-state index contributed by atoms with van der Waals surface area (Å²) in [6.45, 7) is 0. The molecule has 5 heteroatoms. The Morgan fingerprint density at radius 1 is 0.800 bits per heavy atom. The van der Waals surface area contributed by atoms with E-state index in [1.165, 1.54) is 0 Å². The second kappa shape index (κ2) is 5.82. The molecule has 2 rings (SSSR count). The summed E-state index contributed by atoms with van der Waals surface area (Å²) in [4.78, 5) is 0. The Bertz CT molecular complexity index is 636. The number of hydrogen-bond donors (Lipinski definition) is 0. The third-order valence-corrected chi connectivity index (χ3v) is 3.54. The normalized spacial score (nSPS) is 11.5. The average Bonchev–Trinajstić information content (AvgIpc) is 2.32. The number of benzene rings is 2. The predicted octanol–water partition coefficient (Wildman–Crippen LogP) is 5.64. The van der Waals surface area contributed by atoms with Crippen LogP contribution in [0.15, 0.2) is 36.4 Å². The second-order valence-corrected chi connectivity index (χ2v) is 6.58. The Balaban J connectivity index is 2.47. The summed E-state index contributed by atoms with van der Waals surface area (Å²) in [5, 5.41) is 1.68. The molecule has 0 N–H and O–H groups in total. The lowest BCUT2D eigenvalue weighted by atomic mass is 10.2. The lowest BCUT2D eigenvalue weighted by Gasteiger charge is -2.25. The van der Waals surface area contributed by atoms with Gasteiger partial charge in [0.2, 0.25) is 0 Å². The van der Waals surface area contributed by atoms with Crippen molar-refractivity contribution in [2.45, 2.75) is 0 Å². The van der Waals surface area contributed by atoms with Crippen LogP contribution < -0.4 is 9.22 Å². The summed E-state index contributed by atoms with van der Waals surface area (Å²) in [5.74, 6) is 1.17. The molecule has 0 spiro atoms. The first kappa shape index (κ1) is 15.5. The first-order valence-corrected chi connectivity index (χ1v) is 7.15. The quantitative estimate of drug-likeness (QED) is 0.662. The smallest absolute Gasteiger partial charge is 0.189 e. The second-order valence-electron chi connectivity index (χ2n) is 5.30. The van der Waals surface area contributed by atoms with Crippen LogP contribution in [0.2, 0.25) is 15.1 Å². The van der Waals surface area contributed by atoms with E-state index in [-0.39, 0.29) is 0 Å². The Hall–Kier alpha value is -0.930. The standard InChI is InChI=1S/C15H15Cl3NO/c1-19(2,3)13-7-5-11(17)9-15(13)20-14-8-10(16)4-6-12(14)18/h4-9H,1-3H3/q+1. The van der Waals surface area contributed by atoms with Crippen LogP contribution in [0.4, 0.5) is 5.69 Å². The van der Waals surface area contributed by atoms with Crippen molar-refractivity contribution in [2.75, 3.05) is 21.1 Å². The molecule has 106 valence electrons. The lowest BCUT2D eigenvalue weighted by molar-refractivity contribution is 0.433. The molecule has 0 fully saturated rings. The fraction of sp³-hybridized carbons (Fsp3) is 0.200. The minimum atomic E-state index is 0.502. The molecule has 0 atom stereocenters. The molecule has 0 aliphatic rings. The van der Waals surface area contributed by atoms with Gasteiger partial charge < -0.3 is 4.74 Å². The number of nitrogens with zero attached hydrogens (tertiary/aromatic N) is 1. The zero-order valence-corrected chi connectivity index (χ0v) is 13.7. The minimum Gasteiger partial charge on any atom is -0.449 e. The van der Waals surface area contributed by atoms with E-state index >= 15 is 0 Å². The molecular weight excluding hydrogens is 317 g/mol.